The molecule has 9 heteroatoms. The van der Waals surface area contributed by atoms with E-state index in [2.05, 4.69) is 20.4 Å². The van der Waals surface area contributed by atoms with Gasteiger partial charge >= 0.3 is 0 Å². The minimum Gasteiger partial charge on any atom is -0.322 e. The summed E-state index contributed by atoms with van der Waals surface area (Å²) >= 11 is 0. The van der Waals surface area contributed by atoms with E-state index in [0.29, 0.717) is 17.3 Å². The van der Waals surface area contributed by atoms with Crippen LogP contribution >= 0.6 is 0 Å². The minimum absolute atomic E-state index is 0.00244. The molecule has 5 rings (SSSR count). The highest BCUT2D eigenvalue weighted by molar-refractivity contribution is 5.95. The first kappa shape index (κ1) is 17.1. The van der Waals surface area contributed by atoms with Gasteiger partial charge in [-0.1, -0.05) is 24.3 Å². The number of aromatic amines is 1. The number of aromatic nitrogens is 4. The monoisotopic (exact) mass is 388 g/mol. The predicted molar refractivity (Wildman–Crippen MR) is 106 cm³/mol. The zero-order valence-electron chi connectivity index (χ0n) is 15.4. The third-order valence-electron chi connectivity index (χ3n) is 5.16. The number of anilines is 1. The standard InChI is InChI=1S/C20H16N6O3/c1-11-18-14(12-5-4-6-13(9-12)26(28)29)10-17(27)23-19(18)25(24-11)20-21-15-7-2-3-8-16(15)22-20/h2-9,14H,10H2,1H3,(H,21,22)(H,23,27). The number of fused-ring (bicyclic) bond motifs is 2. The lowest BCUT2D eigenvalue weighted by molar-refractivity contribution is -0.384. The fourth-order valence-electron chi connectivity index (χ4n) is 3.88. The predicted octanol–water partition coefficient (Wildman–Crippen LogP) is 3.44. The van der Waals surface area contributed by atoms with Gasteiger partial charge in [0.2, 0.25) is 11.9 Å². The number of nitro groups is 1. The molecule has 2 aromatic carbocycles. The lowest BCUT2D eigenvalue weighted by Crippen LogP contribution is -2.25. The van der Waals surface area contributed by atoms with Crippen molar-refractivity contribution in [3.63, 3.8) is 0 Å². The van der Waals surface area contributed by atoms with Gasteiger partial charge in [-0.2, -0.15) is 9.78 Å². The Kier molecular flexibility index (Phi) is 3.70. The van der Waals surface area contributed by atoms with Gasteiger partial charge in [0.15, 0.2) is 0 Å². The number of carbonyl (C=O) groups is 1. The van der Waals surface area contributed by atoms with Crippen LogP contribution in [0.5, 0.6) is 0 Å². The van der Waals surface area contributed by atoms with Crippen LogP contribution in [0.1, 0.15) is 29.2 Å². The van der Waals surface area contributed by atoms with Crippen molar-refractivity contribution in [2.24, 2.45) is 0 Å². The molecule has 0 saturated carbocycles. The van der Waals surface area contributed by atoms with Crippen LogP contribution in [-0.2, 0) is 4.79 Å². The molecule has 0 radical (unpaired) electrons. The average molecular weight is 388 g/mol. The van der Waals surface area contributed by atoms with Crippen LogP contribution in [0.15, 0.2) is 48.5 Å². The number of carbonyl (C=O) groups excluding carboxylic acids is 1. The molecule has 0 saturated heterocycles. The van der Waals surface area contributed by atoms with E-state index < -0.39 is 4.92 Å². The molecule has 2 N–H and O–H groups in total. The Labute approximate surface area is 164 Å². The van der Waals surface area contributed by atoms with E-state index in [1.165, 1.54) is 12.1 Å². The highest BCUT2D eigenvalue weighted by Crippen LogP contribution is 2.40. The Morgan fingerprint density at radius 2 is 2.03 bits per heavy atom. The summed E-state index contributed by atoms with van der Waals surface area (Å²) in [5, 5.41) is 18.7. The molecule has 1 amide bonds. The quantitative estimate of drug-likeness (QED) is 0.412. The van der Waals surface area contributed by atoms with Crippen LogP contribution in [0.3, 0.4) is 0 Å². The van der Waals surface area contributed by atoms with Crippen molar-refractivity contribution in [1.29, 1.82) is 0 Å². The van der Waals surface area contributed by atoms with Gasteiger partial charge < -0.3 is 10.3 Å². The third-order valence-corrected chi connectivity index (χ3v) is 5.16. The van der Waals surface area contributed by atoms with Gasteiger partial charge in [0, 0.05) is 30.0 Å². The van der Waals surface area contributed by atoms with E-state index in [0.717, 1.165) is 22.3 Å². The fraction of sp³-hybridized carbons (Fsp3) is 0.150. The number of nitro benzene ring substituents is 1. The third kappa shape index (κ3) is 2.75. The second kappa shape index (κ2) is 6.26. The molecule has 2 aromatic heterocycles. The molecule has 144 valence electrons. The maximum Gasteiger partial charge on any atom is 0.269 e. The highest BCUT2D eigenvalue weighted by Gasteiger charge is 2.33. The molecule has 3 heterocycles. The average Bonchev–Trinajstić information content (AvgIpc) is 3.28. The van der Waals surface area contributed by atoms with Crippen molar-refractivity contribution >= 4 is 28.4 Å². The Morgan fingerprint density at radius 1 is 1.21 bits per heavy atom. The van der Waals surface area contributed by atoms with Gasteiger partial charge in [-0.3, -0.25) is 14.9 Å². The lowest BCUT2D eigenvalue weighted by Gasteiger charge is -2.24. The Hall–Kier alpha value is -4.01. The molecule has 0 bridgehead atoms. The number of hydrogen-bond donors (Lipinski definition) is 2. The van der Waals surface area contributed by atoms with E-state index in [4.69, 9.17) is 0 Å². The SMILES string of the molecule is Cc1nn(-c2nc3ccccc3[nH]2)c2c1C(c1cccc([N+](=O)[O-])c1)CC(=O)N2. The number of H-pyrrole nitrogens is 1. The van der Waals surface area contributed by atoms with Crippen molar-refractivity contribution in [2.75, 3.05) is 5.32 Å². The van der Waals surface area contributed by atoms with Gasteiger partial charge in [0.05, 0.1) is 21.7 Å². The topological polar surface area (TPSA) is 119 Å². The molecule has 1 aliphatic rings. The van der Waals surface area contributed by atoms with E-state index in [9.17, 15) is 14.9 Å². The normalized spacial score (nSPS) is 15.9. The van der Waals surface area contributed by atoms with E-state index in [1.807, 2.05) is 31.2 Å². The number of rotatable bonds is 3. The first-order valence-corrected chi connectivity index (χ1v) is 9.10. The van der Waals surface area contributed by atoms with Crippen LogP contribution in [0.25, 0.3) is 17.0 Å². The summed E-state index contributed by atoms with van der Waals surface area (Å²) in [4.78, 5) is 31.0. The maximum atomic E-state index is 12.5. The largest absolute Gasteiger partial charge is 0.322 e. The van der Waals surface area contributed by atoms with Crippen LogP contribution in [0, 0.1) is 17.0 Å². The van der Waals surface area contributed by atoms with E-state index in [-0.39, 0.29) is 23.9 Å². The number of benzene rings is 2. The van der Waals surface area contributed by atoms with Gasteiger partial charge in [-0.05, 0) is 24.6 Å². The number of aryl methyl sites for hydroxylation is 1. The summed E-state index contributed by atoms with van der Waals surface area (Å²) in [5.41, 5.74) is 3.94. The van der Waals surface area contributed by atoms with Crippen molar-refractivity contribution in [2.45, 2.75) is 19.3 Å². The molecule has 9 nitrogen and oxygen atoms in total. The molecule has 1 aliphatic heterocycles. The van der Waals surface area contributed by atoms with E-state index in [1.54, 1.807) is 16.8 Å². The Bertz CT molecular complexity index is 1260. The molecular formula is C20H16N6O3. The molecule has 1 atom stereocenters. The summed E-state index contributed by atoms with van der Waals surface area (Å²) in [5.74, 6) is 0.535. The molecular weight excluding hydrogens is 372 g/mol. The zero-order valence-corrected chi connectivity index (χ0v) is 15.4. The van der Waals surface area contributed by atoms with Gasteiger partial charge in [0.1, 0.15) is 5.82 Å². The van der Waals surface area contributed by atoms with Gasteiger partial charge in [-0.25, -0.2) is 4.98 Å². The molecule has 29 heavy (non-hydrogen) atoms. The van der Waals surface area contributed by atoms with Crippen LogP contribution in [-0.4, -0.2) is 30.6 Å². The number of nitrogens with zero attached hydrogens (tertiary/aromatic N) is 4. The molecule has 1 unspecified atom stereocenters. The number of non-ortho nitro benzene ring substituents is 1. The second-order valence-electron chi connectivity index (χ2n) is 6.99. The van der Waals surface area contributed by atoms with Gasteiger partial charge in [-0.15, -0.1) is 0 Å². The van der Waals surface area contributed by atoms with Crippen molar-refractivity contribution in [1.82, 2.24) is 19.7 Å². The highest BCUT2D eigenvalue weighted by atomic mass is 16.6. The van der Waals surface area contributed by atoms with Crippen LogP contribution < -0.4 is 5.32 Å². The minimum atomic E-state index is -0.433. The first-order valence-electron chi connectivity index (χ1n) is 9.10. The van der Waals surface area contributed by atoms with Gasteiger partial charge in [0.25, 0.3) is 5.69 Å². The number of hydrogen-bond acceptors (Lipinski definition) is 5. The summed E-state index contributed by atoms with van der Waals surface area (Å²) in [7, 11) is 0. The maximum absolute atomic E-state index is 12.5. The van der Waals surface area contributed by atoms with Crippen molar-refractivity contribution in [3.8, 4) is 5.95 Å². The van der Waals surface area contributed by atoms with Crippen molar-refractivity contribution < 1.29 is 9.72 Å². The number of imidazole rings is 1. The summed E-state index contributed by atoms with van der Waals surface area (Å²) in [6.45, 7) is 1.86. The smallest absolute Gasteiger partial charge is 0.269 e. The Morgan fingerprint density at radius 3 is 2.83 bits per heavy atom. The van der Waals surface area contributed by atoms with Crippen LogP contribution in [0.2, 0.25) is 0 Å². The Balaban J connectivity index is 1.66. The number of nitrogens with one attached hydrogen (secondary N) is 2. The first-order chi connectivity index (χ1) is 14.0. The second-order valence-corrected chi connectivity index (χ2v) is 6.99. The number of amides is 1. The summed E-state index contributed by atoms with van der Waals surface area (Å²) in [6.07, 6.45) is 0.195. The lowest BCUT2D eigenvalue weighted by atomic mass is 9.85. The summed E-state index contributed by atoms with van der Waals surface area (Å²) < 4.78 is 1.59. The van der Waals surface area contributed by atoms with Crippen molar-refractivity contribution in [3.05, 3.63) is 75.5 Å². The van der Waals surface area contributed by atoms with Crippen LogP contribution in [0.4, 0.5) is 11.5 Å². The van der Waals surface area contributed by atoms with E-state index >= 15 is 0 Å². The number of para-hydroxylation sites is 2. The molecule has 0 fully saturated rings. The zero-order chi connectivity index (χ0) is 20.1. The fourth-order valence-corrected chi connectivity index (χ4v) is 3.88. The molecule has 4 aromatic rings. The molecule has 0 spiro atoms. The summed E-state index contributed by atoms with van der Waals surface area (Å²) in [6, 6.07) is 14.0. The molecule has 0 aliphatic carbocycles.